The smallest absolute Gasteiger partial charge is 0.319 e. The van der Waals surface area contributed by atoms with Gasteiger partial charge in [-0.1, -0.05) is 42.5 Å². The first-order valence-electron chi connectivity index (χ1n) is 9.10. The topological polar surface area (TPSA) is 68.8 Å². The van der Waals surface area contributed by atoms with E-state index in [4.69, 9.17) is 0 Å². The van der Waals surface area contributed by atoms with Crippen LogP contribution in [0.2, 0.25) is 0 Å². The van der Waals surface area contributed by atoms with Crippen molar-refractivity contribution in [3.8, 4) is 0 Å². The number of carbonyl (C=O) groups is 1. The van der Waals surface area contributed by atoms with Gasteiger partial charge in [-0.05, 0) is 37.1 Å². The molecule has 0 spiro atoms. The fourth-order valence-electron chi connectivity index (χ4n) is 2.63. The number of carbonyl (C=O) groups excluding carboxylic acids is 1. The molecule has 0 aliphatic rings. The number of benzene rings is 2. The van der Waals surface area contributed by atoms with Crippen molar-refractivity contribution in [2.75, 3.05) is 19.4 Å². The van der Waals surface area contributed by atoms with Gasteiger partial charge in [0.2, 0.25) is 0 Å². The van der Waals surface area contributed by atoms with Crippen LogP contribution in [0, 0.1) is 0 Å². The zero-order chi connectivity index (χ0) is 19.6. The lowest BCUT2D eigenvalue weighted by atomic mass is 10.2. The molecule has 0 aromatic heterocycles. The molecule has 2 rings (SSSR count). The number of amides is 2. The third-order valence-electron chi connectivity index (χ3n) is 3.92. The largest absolute Gasteiger partial charge is 0.352 e. The van der Waals surface area contributed by atoms with E-state index in [1.807, 2.05) is 63.4 Å². The maximum absolute atomic E-state index is 11.7. The number of nitrogens with one attached hydrogen (secondary N) is 3. The van der Waals surface area contributed by atoms with Gasteiger partial charge in [0.15, 0.2) is 5.96 Å². The summed E-state index contributed by atoms with van der Waals surface area (Å²) in [6, 6.07) is 18.0. The number of halogens is 1. The maximum Gasteiger partial charge on any atom is 0.319 e. The van der Waals surface area contributed by atoms with Gasteiger partial charge in [-0.3, -0.25) is 4.99 Å². The molecule has 2 aromatic rings. The van der Waals surface area contributed by atoms with E-state index < -0.39 is 0 Å². The second kappa shape index (κ2) is 12.2. The zero-order valence-electron chi connectivity index (χ0n) is 16.9. The van der Waals surface area contributed by atoms with Gasteiger partial charge in [0.25, 0.3) is 0 Å². The Morgan fingerprint density at radius 2 is 1.68 bits per heavy atom. The molecular formula is C21H30IN5O. The molecule has 2 amide bonds. The molecule has 0 saturated heterocycles. The van der Waals surface area contributed by atoms with Crippen LogP contribution in [0.5, 0.6) is 0 Å². The number of anilines is 1. The highest BCUT2D eigenvalue weighted by atomic mass is 127. The van der Waals surface area contributed by atoms with Gasteiger partial charge in [-0.25, -0.2) is 4.79 Å². The van der Waals surface area contributed by atoms with E-state index in [-0.39, 0.29) is 36.0 Å². The van der Waals surface area contributed by atoms with Gasteiger partial charge in [-0.2, -0.15) is 0 Å². The number of hydrogen-bond donors (Lipinski definition) is 3. The van der Waals surface area contributed by atoms with Gasteiger partial charge in [0.05, 0.1) is 0 Å². The summed E-state index contributed by atoms with van der Waals surface area (Å²) in [7, 11) is 3.80. The molecule has 0 heterocycles. The molecule has 0 unspecified atom stereocenters. The van der Waals surface area contributed by atoms with Crippen LogP contribution in [0.15, 0.2) is 59.6 Å². The lowest BCUT2D eigenvalue weighted by molar-refractivity contribution is 0.250. The molecular weight excluding hydrogens is 465 g/mol. The highest BCUT2D eigenvalue weighted by Crippen LogP contribution is 2.10. The molecule has 3 N–H and O–H groups in total. The zero-order valence-corrected chi connectivity index (χ0v) is 19.2. The molecule has 7 heteroatoms. The Kier molecular flexibility index (Phi) is 10.4. The Bertz CT molecular complexity index is 747. The minimum Gasteiger partial charge on any atom is -0.352 e. The Hall–Kier alpha value is -2.29. The number of urea groups is 1. The second-order valence-electron chi connectivity index (χ2n) is 6.69. The predicted octanol–water partition coefficient (Wildman–Crippen LogP) is 4.04. The van der Waals surface area contributed by atoms with Crippen LogP contribution in [0.1, 0.15) is 25.0 Å². The summed E-state index contributed by atoms with van der Waals surface area (Å²) in [6.07, 6.45) is 0. The van der Waals surface area contributed by atoms with E-state index in [9.17, 15) is 4.79 Å². The van der Waals surface area contributed by atoms with Gasteiger partial charge in [0.1, 0.15) is 0 Å². The quantitative estimate of drug-likeness (QED) is 0.322. The maximum atomic E-state index is 11.7. The first-order valence-corrected chi connectivity index (χ1v) is 9.10. The van der Waals surface area contributed by atoms with Crippen LogP contribution in [0.4, 0.5) is 10.5 Å². The molecule has 0 aliphatic heterocycles. The van der Waals surface area contributed by atoms with Crippen molar-refractivity contribution in [2.24, 2.45) is 4.99 Å². The summed E-state index contributed by atoms with van der Waals surface area (Å²) in [4.78, 5) is 18.2. The van der Waals surface area contributed by atoms with E-state index in [1.165, 1.54) is 5.56 Å². The van der Waals surface area contributed by atoms with Gasteiger partial charge < -0.3 is 20.9 Å². The SMILES string of the molecule is CN=C(NCc1ccc(NC(=O)NC(C)C)cc1)N(C)Cc1ccccc1.I. The fourth-order valence-corrected chi connectivity index (χ4v) is 2.63. The number of guanidine groups is 1. The third kappa shape index (κ3) is 8.16. The summed E-state index contributed by atoms with van der Waals surface area (Å²) in [5.74, 6) is 0.831. The summed E-state index contributed by atoms with van der Waals surface area (Å²) >= 11 is 0. The second-order valence-corrected chi connectivity index (χ2v) is 6.69. The number of nitrogens with zero attached hydrogens (tertiary/aromatic N) is 2. The predicted molar refractivity (Wildman–Crippen MR) is 127 cm³/mol. The van der Waals surface area contributed by atoms with Gasteiger partial charge in [-0.15, -0.1) is 24.0 Å². The average Bonchev–Trinajstić information content (AvgIpc) is 2.63. The molecule has 0 bridgehead atoms. The lowest BCUT2D eigenvalue weighted by Gasteiger charge is -2.22. The highest BCUT2D eigenvalue weighted by molar-refractivity contribution is 14.0. The van der Waals surface area contributed by atoms with Crippen LogP contribution in [0.3, 0.4) is 0 Å². The van der Waals surface area contributed by atoms with Crippen molar-refractivity contribution in [2.45, 2.75) is 33.0 Å². The summed E-state index contributed by atoms with van der Waals surface area (Å²) in [5.41, 5.74) is 3.11. The van der Waals surface area contributed by atoms with E-state index in [2.05, 4.69) is 38.0 Å². The van der Waals surface area contributed by atoms with Crippen molar-refractivity contribution >= 4 is 41.7 Å². The molecule has 152 valence electrons. The normalized spacial score (nSPS) is 10.8. The first-order chi connectivity index (χ1) is 13.0. The fraction of sp³-hybridized carbons (Fsp3) is 0.333. The molecule has 0 saturated carbocycles. The lowest BCUT2D eigenvalue weighted by Crippen LogP contribution is -2.38. The van der Waals surface area contributed by atoms with Crippen LogP contribution in [0.25, 0.3) is 0 Å². The van der Waals surface area contributed by atoms with E-state index >= 15 is 0 Å². The first kappa shape index (κ1) is 23.7. The van der Waals surface area contributed by atoms with Crippen molar-refractivity contribution in [3.63, 3.8) is 0 Å². The Morgan fingerprint density at radius 3 is 2.25 bits per heavy atom. The van der Waals surface area contributed by atoms with Crippen molar-refractivity contribution in [1.29, 1.82) is 0 Å². The van der Waals surface area contributed by atoms with Crippen LogP contribution in [-0.2, 0) is 13.1 Å². The minimum absolute atomic E-state index is 0. The molecule has 6 nitrogen and oxygen atoms in total. The van der Waals surface area contributed by atoms with Crippen molar-refractivity contribution < 1.29 is 4.79 Å². The summed E-state index contributed by atoms with van der Waals surface area (Å²) in [6.45, 7) is 5.30. The van der Waals surface area contributed by atoms with Gasteiger partial charge in [0, 0.05) is 38.9 Å². The van der Waals surface area contributed by atoms with Crippen LogP contribution < -0.4 is 16.0 Å². The van der Waals surface area contributed by atoms with Crippen molar-refractivity contribution in [3.05, 3.63) is 65.7 Å². The van der Waals surface area contributed by atoms with Crippen molar-refractivity contribution in [1.82, 2.24) is 15.5 Å². The Balaban J connectivity index is 0.00000392. The standard InChI is InChI=1S/C21H29N5O.HI/c1-16(2)24-21(27)25-19-12-10-17(11-13-19)14-23-20(22-3)26(4)15-18-8-6-5-7-9-18;/h5-13,16H,14-15H2,1-4H3,(H,22,23)(H2,24,25,27);1H. The third-order valence-corrected chi connectivity index (χ3v) is 3.92. The Morgan fingerprint density at radius 1 is 1.04 bits per heavy atom. The van der Waals surface area contributed by atoms with E-state index in [0.717, 1.165) is 23.8 Å². The monoisotopic (exact) mass is 495 g/mol. The molecule has 28 heavy (non-hydrogen) atoms. The van der Waals surface area contributed by atoms with Crippen LogP contribution >= 0.6 is 24.0 Å². The number of hydrogen-bond acceptors (Lipinski definition) is 2. The van der Waals surface area contributed by atoms with E-state index in [0.29, 0.717) is 6.54 Å². The molecule has 0 atom stereocenters. The Labute approximate surface area is 184 Å². The summed E-state index contributed by atoms with van der Waals surface area (Å²) < 4.78 is 0. The van der Waals surface area contributed by atoms with Gasteiger partial charge >= 0.3 is 6.03 Å². The summed E-state index contributed by atoms with van der Waals surface area (Å²) in [5, 5.41) is 8.99. The average molecular weight is 495 g/mol. The molecule has 2 aromatic carbocycles. The molecule has 0 fully saturated rings. The highest BCUT2D eigenvalue weighted by Gasteiger charge is 2.07. The minimum atomic E-state index is -0.196. The molecule has 0 radical (unpaired) electrons. The number of aliphatic imine (C=N–C) groups is 1. The van der Waals surface area contributed by atoms with Crippen LogP contribution in [-0.4, -0.2) is 37.0 Å². The molecule has 0 aliphatic carbocycles. The van der Waals surface area contributed by atoms with E-state index in [1.54, 1.807) is 7.05 Å². The number of rotatable bonds is 6.